The average Bonchev–Trinajstić information content (AvgIpc) is 3.16. The topological polar surface area (TPSA) is 51.5 Å². The number of amides is 1. The van der Waals surface area contributed by atoms with E-state index in [2.05, 4.69) is 12.2 Å². The summed E-state index contributed by atoms with van der Waals surface area (Å²) in [5, 5.41) is 2.86. The largest absolute Gasteiger partial charge is 0.486 e. The zero-order valence-electron chi connectivity index (χ0n) is 14.9. The lowest BCUT2D eigenvalue weighted by atomic mass is 10.1. The molecule has 3 rings (SSSR count). The Balaban J connectivity index is 1.54. The summed E-state index contributed by atoms with van der Waals surface area (Å²) >= 11 is 0. The van der Waals surface area contributed by atoms with Crippen molar-refractivity contribution < 1.29 is 13.9 Å². The Morgan fingerprint density at radius 1 is 1.00 bits per heavy atom. The van der Waals surface area contributed by atoms with Gasteiger partial charge in [-0.05, 0) is 54.8 Å². The predicted octanol–water partition coefficient (Wildman–Crippen LogP) is 5.45. The van der Waals surface area contributed by atoms with E-state index in [4.69, 9.17) is 9.15 Å². The van der Waals surface area contributed by atoms with Crippen LogP contribution >= 0.6 is 0 Å². The molecule has 0 aliphatic heterocycles. The average molecular weight is 349 g/mol. The number of unbranched alkanes of at least 4 members (excludes halogenated alkanes) is 1. The van der Waals surface area contributed by atoms with Crippen molar-refractivity contribution in [3.8, 4) is 5.75 Å². The van der Waals surface area contributed by atoms with E-state index in [1.165, 1.54) is 18.4 Å². The van der Waals surface area contributed by atoms with E-state index in [0.29, 0.717) is 5.76 Å². The van der Waals surface area contributed by atoms with Gasteiger partial charge in [0.2, 0.25) is 0 Å². The number of hydrogen-bond acceptors (Lipinski definition) is 3. The van der Waals surface area contributed by atoms with Crippen molar-refractivity contribution in [1.82, 2.24) is 0 Å². The summed E-state index contributed by atoms with van der Waals surface area (Å²) < 4.78 is 11.2. The zero-order valence-corrected chi connectivity index (χ0v) is 14.9. The second kappa shape index (κ2) is 8.90. The SMILES string of the molecule is CCCCc1ccc(NC(=O)c2ccc(COc3ccccc3)o2)cc1. The highest BCUT2D eigenvalue weighted by molar-refractivity contribution is 6.02. The van der Waals surface area contributed by atoms with Gasteiger partial charge in [0.15, 0.2) is 5.76 Å². The van der Waals surface area contributed by atoms with Crippen LogP contribution in [-0.4, -0.2) is 5.91 Å². The first-order valence-electron chi connectivity index (χ1n) is 8.91. The van der Waals surface area contributed by atoms with Crippen molar-refractivity contribution >= 4 is 11.6 Å². The number of carbonyl (C=O) groups excluding carboxylic acids is 1. The van der Waals surface area contributed by atoms with Crippen LogP contribution in [0.15, 0.2) is 71.1 Å². The Kier molecular flexibility index (Phi) is 6.09. The molecule has 1 N–H and O–H groups in total. The number of furan rings is 1. The third-order valence-corrected chi connectivity index (χ3v) is 4.04. The Morgan fingerprint density at radius 3 is 2.50 bits per heavy atom. The standard InChI is InChI=1S/C22H23NO3/c1-2-3-7-17-10-12-18(13-11-17)23-22(24)21-15-14-20(26-21)16-25-19-8-5-4-6-9-19/h4-6,8-15H,2-3,7,16H2,1H3,(H,23,24). The molecule has 1 aromatic heterocycles. The molecule has 2 aromatic carbocycles. The lowest BCUT2D eigenvalue weighted by molar-refractivity contribution is 0.0992. The molecule has 0 unspecified atom stereocenters. The van der Waals surface area contributed by atoms with Gasteiger partial charge < -0.3 is 14.5 Å². The molecule has 0 fully saturated rings. The van der Waals surface area contributed by atoms with E-state index < -0.39 is 0 Å². The normalized spacial score (nSPS) is 10.5. The van der Waals surface area contributed by atoms with Crippen LogP contribution in [0, 0.1) is 0 Å². The summed E-state index contributed by atoms with van der Waals surface area (Å²) in [5.41, 5.74) is 2.04. The second-order valence-corrected chi connectivity index (χ2v) is 6.12. The van der Waals surface area contributed by atoms with Gasteiger partial charge in [0.25, 0.3) is 5.91 Å². The summed E-state index contributed by atoms with van der Waals surface area (Å²) in [7, 11) is 0. The van der Waals surface area contributed by atoms with Crippen LogP contribution < -0.4 is 10.1 Å². The van der Waals surface area contributed by atoms with Crippen LogP contribution in [0.2, 0.25) is 0 Å². The molecular formula is C22H23NO3. The van der Waals surface area contributed by atoms with E-state index in [0.717, 1.165) is 17.9 Å². The molecule has 0 saturated heterocycles. The van der Waals surface area contributed by atoms with Crippen LogP contribution in [0.5, 0.6) is 5.75 Å². The van der Waals surface area contributed by atoms with Gasteiger partial charge in [0.05, 0.1) is 0 Å². The van der Waals surface area contributed by atoms with Crippen LogP contribution in [0.3, 0.4) is 0 Å². The molecule has 4 nitrogen and oxygen atoms in total. The van der Waals surface area contributed by atoms with Crippen molar-refractivity contribution in [2.45, 2.75) is 32.8 Å². The predicted molar refractivity (Wildman–Crippen MR) is 102 cm³/mol. The molecule has 0 spiro atoms. The number of rotatable bonds is 8. The maximum absolute atomic E-state index is 12.3. The first-order valence-corrected chi connectivity index (χ1v) is 8.91. The van der Waals surface area contributed by atoms with Gasteiger partial charge in [0.1, 0.15) is 18.1 Å². The first kappa shape index (κ1) is 17.8. The third kappa shape index (κ3) is 4.99. The molecule has 0 saturated carbocycles. The fourth-order valence-electron chi connectivity index (χ4n) is 2.58. The minimum atomic E-state index is -0.266. The van der Waals surface area contributed by atoms with Crippen LogP contribution in [0.1, 0.15) is 41.6 Å². The molecule has 0 atom stereocenters. The zero-order chi connectivity index (χ0) is 18.2. The lowest BCUT2D eigenvalue weighted by Gasteiger charge is -2.05. The smallest absolute Gasteiger partial charge is 0.291 e. The highest BCUT2D eigenvalue weighted by Crippen LogP contribution is 2.16. The van der Waals surface area contributed by atoms with Gasteiger partial charge in [-0.2, -0.15) is 0 Å². The summed E-state index contributed by atoms with van der Waals surface area (Å²) in [6.07, 6.45) is 3.41. The highest BCUT2D eigenvalue weighted by atomic mass is 16.5. The number of aryl methyl sites for hydroxylation is 1. The van der Waals surface area contributed by atoms with Gasteiger partial charge >= 0.3 is 0 Å². The Labute approximate surface area is 153 Å². The summed E-state index contributed by atoms with van der Waals surface area (Å²) in [5.74, 6) is 1.37. The summed E-state index contributed by atoms with van der Waals surface area (Å²) in [6.45, 7) is 2.46. The Bertz CT molecular complexity index is 822. The number of carbonyl (C=O) groups is 1. The quantitative estimate of drug-likeness (QED) is 0.588. The van der Waals surface area contributed by atoms with Gasteiger partial charge in [0, 0.05) is 5.69 Å². The number of anilines is 1. The molecule has 0 aliphatic carbocycles. The fraction of sp³-hybridized carbons (Fsp3) is 0.227. The second-order valence-electron chi connectivity index (χ2n) is 6.12. The van der Waals surface area contributed by atoms with Gasteiger partial charge in [-0.1, -0.05) is 43.7 Å². The molecule has 0 bridgehead atoms. The molecule has 1 amide bonds. The maximum Gasteiger partial charge on any atom is 0.291 e. The minimum absolute atomic E-state index is 0.266. The van der Waals surface area contributed by atoms with Crippen molar-refractivity contribution in [1.29, 1.82) is 0 Å². The molecule has 0 radical (unpaired) electrons. The fourth-order valence-corrected chi connectivity index (χ4v) is 2.58. The lowest BCUT2D eigenvalue weighted by Crippen LogP contribution is -2.10. The molecule has 4 heteroatoms. The van der Waals surface area contributed by atoms with Crippen LogP contribution in [0.25, 0.3) is 0 Å². The first-order chi connectivity index (χ1) is 12.7. The van der Waals surface area contributed by atoms with Crippen molar-refractivity contribution in [2.75, 3.05) is 5.32 Å². The van der Waals surface area contributed by atoms with Crippen LogP contribution in [0.4, 0.5) is 5.69 Å². The molecule has 1 heterocycles. The number of ether oxygens (including phenoxy) is 1. The Hall–Kier alpha value is -3.01. The van der Waals surface area contributed by atoms with Crippen molar-refractivity contribution in [3.05, 3.63) is 83.8 Å². The van der Waals surface area contributed by atoms with Gasteiger partial charge in [-0.15, -0.1) is 0 Å². The van der Waals surface area contributed by atoms with Gasteiger partial charge in [-0.3, -0.25) is 4.79 Å². The van der Waals surface area contributed by atoms with E-state index in [1.54, 1.807) is 12.1 Å². The van der Waals surface area contributed by atoms with Gasteiger partial charge in [-0.25, -0.2) is 0 Å². The molecule has 0 aliphatic rings. The van der Waals surface area contributed by atoms with Crippen LogP contribution in [-0.2, 0) is 13.0 Å². The summed E-state index contributed by atoms with van der Waals surface area (Å²) in [6, 6.07) is 20.9. The van der Waals surface area contributed by atoms with E-state index in [1.807, 2.05) is 54.6 Å². The summed E-state index contributed by atoms with van der Waals surface area (Å²) in [4.78, 5) is 12.3. The number of para-hydroxylation sites is 1. The van der Waals surface area contributed by atoms with E-state index in [-0.39, 0.29) is 18.3 Å². The molecular weight excluding hydrogens is 326 g/mol. The maximum atomic E-state index is 12.3. The van der Waals surface area contributed by atoms with E-state index >= 15 is 0 Å². The number of nitrogens with one attached hydrogen (secondary N) is 1. The third-order valence-electron chi connectivity index (χ3n) is 4.04. The van der Waals surface area contributed by atoms with Crippen molar-refractivity contribution in [2.24, 2.45) is 0 Å². The molecule has 3 aromatic rings. The molecule has 26 heavy (non-hydrogen) atoms. The molecule has 134 valence electrons. The van der Waals surface area contributed by atoms with Crippen molar-refractivity contribution in [3.63, 3.8) is 0 Å². The van der Waals surface area contributed by atoms with E-state index in [9.17, 15) is 4.79 Å². The number of hydrogen-bond donors (Lipinski definition) is 1. The Morgan fingerprint density at radius 2 is 1.77 bits per heavy atom. The minimum Gasteiger partial charge on any atom is -0.486 e. The highest BCUT2D eigenvalue weighted by Gasteiger charge is 2.12. The number of benzene rings is 2. The monoisotopic (exact) mass is 349 g/mol.